The van der Waals surface area contributed by atoms with E-state index in [0.29, 0.717) is 13.1 Å². The zero-order chi connectivity index (χ0) is 7.56. The summed E-state index contributed by atoms with van der Waals surface area (Å²) in [5.41, 5.74) is 0. The number of carbonyl (C=O) groups is 2. The van der Waals surface area contributed by atoms with Crippen LogP contribution < -0.4 is 10.6 Å². The van der Waals surface area contributed by atoms with Gasteiger partial charge in [-0.25, -0.2) is 4.79 Å². The molecule has 0 aliphatic carbocycles. The molecule has 0 spiro atoms. The molecule has 0 aromatic heterocycles. The molecule has 0 aromatic rings. The van der Waals surface area contributed by atoms with Gasteiger partial charge in [-0.1, -0.05) is 0 Å². The van der Waals surface area contributed by atoms with E-state index in [1.165, 1.54) is 0 Å². The Kier molecular flexibility index (Phi) is 2.11. The van der Waals surface area contributed by atoms with Crippen molar-refractivity contribution in [3.05, 3.63) is 0 Å². The third-order valence-electron chi connectivity index (χ3n) is 1.34. The van der Waals surface area contributed by atoms with E-state index in [1.807, 2.05) is 0 Å². The van der Waals surface area contributed by atoms with Crippen LogP contribution in [0.1, 0.15) is 0 Å². The second kappa shape index (κ2) is 2.88. The van der Waals surface area contributed by atoms with Crippen molar-refractivity contribution in [3.8, 4) is 0 Å². The summed E-state index contributed by atoms with van der Waals surface area (Å²) in [5.74, 6) is -0.278. The molecule has 0 bridgehead atoms. The maximum atomic E-state index is 10.5. The molecule has 1 saturated heterocycles. The summed E-state index contributed by atoms with van der Waals surface area (Å²) in [5, 5.41) is 4.51. The van der Waals surface area contributed by atoms with E-state index in [2.05, 4.69) is 10.6 Å². The van der Waals surface area contributed by atoms with E-state index >= 15 is 0 Å². The van der Waals surface area contributed by atoms with Gasteiger partial charge < -0.3 is 10.6 Å². The van der Waals surface area contributed by atoms with Gasteiger partial charge in [-0.05, 0) is 11.6 Å². The minimum absolute atomic E-state index is 0.242. The summed E-state index contributed by atoms with van der Waals surface area (Å²) in [7, 11) is 0. The molecular formula is C5H7ClN2O2. The van der Waals surface area contributed by atoms with Crippen molar-refractivity contribution in [2.24, 2.45) is 5.92 Å². The lowest BCUT2D eigenvalue weighted by atomic mass is 10.1. The van der Waals surface area contributed by atoms with Crippen LogP contribution in [0.25, 0.3) is 0 Å². The number of hydrogen-bond acceptors (Lipinski definition) is 2. The fourth-order valence-electron chi connectivity index (χ4n) is 0.727. The van der Waals surface area contributed by atoms with E-state index in [1.54, 1.807) is 0 Å². The Morgan fingerprint density at radius 1 is 1.50 bits per heavy atom. The largest absolute Gasteiger partial charge is 0.337 e. The van der Waals surface area contributed by atoms with Crippen LogP contribution in [0.5, 0.6) is 0 Å². The molecule has 1 aliphatic rings. The van der Waals surface area contributed by atoms with Gasteiger partial charge in [-0.15, -0.1) is 0 Å². The van der Waals surface area contributed by atoms with Gasteiger partial charge in [0, 0.05) is 13.1 Å². The fourth-order valence-corrected chi connectivity index (χ4v) is 0.881. The molecule has 0 radical (unpaired) electrons. The minimum atomic E-state index is -0.410. The summed E-state index contributed by atoms with van der Waals surface area (Å²) in [6, 6.07) is -0.242. The molecule has 1 aliphatic heterocycles. The first kappa shape index (κ1) is 7.34. The molecular weight excluding hydrogens is 156 g/mol. The Morgan fingerprint density at radius 2 is 2.00 bits per heavy atom. The van der Waals surface area contributed by atoms with Crippen LogP contribution in [0.4, 0.5) is 4.79 Å². The highest BCUT2D eigenvalue weighted by Gasteiger charge is 2.21. The molecule has 2 amide bonds. The lowest BCUT2D eigenvalue weighted by molar-refractivity contribution is -0.114. The zero-order valence-electron chi connectivity index (χ0n) is 5.19. The summed E-state index contributed by atoms with van der Waals surface area (Å²) in [4.78, 5) is 20.9. The summed E-state index contributed by atoms with van der Waals surface area (Å²) < 4.78 is 0. The van der Waals surface area contributed by atoms with E-state index < -0.39 is 5.24 Å². The van der Waals surface area contributed by atoms with Gasteiger partial charge in [-0.2, -0.15) is 0 Å². The molecule has 0 atom stereocenters. The first-order chi connectivity index (χ1) is 4.70. The highest BCUT2D eigenvalue weighted by molar-refractivity contribution is 6.64. The van der Waals surface area contributed by atoms with E-state index in [9.17, 15) is 9.59 Å². The predicted molar refractivity (Wildman–Crippen MR) is 35.8 cm³/mol. The maximum absolute atomic E-state index is 10.5. The summed E-state index contributed by atoms with van der Waals surface area (Å²) in [6.45, 7) is 0.683. The first-order valence-electron chi connectivity index (χ1n) is 2.91. The number of rotatable bonds is 1. The molecule has 56 valence electrons. The highest BCUT2D eigenvalue weighted by Crippen LogP contribution is 2.01. The lowest BCUT2D eigenvalue weighted by Crippen LogP contribution is -2.49. The topological polar surface area (TPSA) is 58.2 Å². The second-order valence-corrected chi connectivity index (χ2v) is 2.46. The van der Waals surface area contributed by atoms with Gasteiger partial charge in [0.15, 0.2) is 0 Å². The molecule has 1 heterocycles. The monoisotopic (exact) mass is 162 g/mol. The minimum Gasteiger partial charge on any atom is -0.337 e. The quantitative estimate of drug-likeness (QED) is 0.520. The smallest absolute Gasteiger partial charge is 0.314 e. The molecule has 0 saturated carbocycles. The normalized spacial score (nSPS) is 19.5. The average Bonchev–Trinajstić information content (AvgIpc) is 1.88. The lowest BCUT2D eigenvalue weighted by Gasteiger charge is -2.19. The zero-order valence-corrected chi connectivity index (χ0v) is 5.94. The molecule has 4 nitrogen and oxygen atoms in total. The Morgan fingerprint density at radius 3 is 2.40 bits per heavy atom. The number of hydrogen-bond donors (Lipinski definition) is 2. The Balaban J connectivity index is 2.40. The predicted octanol–water partition coefficient (Wildman–Crippen LogP) is -0.319. The highest BCUT2D eigenvalue weighted by atomic mass is 35.5. The van der Waals surface area contributed by atoms with E-state index in [4.69, 9.17) is 11.6 Å². The molecule has 0 unspecified atom stereocenters. The van der Waals surface area contributed by atoms with Crippen molar-refractivity contribution in [2.45, 2.75) is 0 Å². The number of carbonyl (C=O) groups excluding carboxylic acids is 2. The van der Waals surface area contributed by atoms with Crippen LogP contribution in [0.2, 0.25) is 0 Å². The maximum Gasteiger partial charge on any atom is 0.314 e. The van der Waals surface area contributed by atoms with Crippen LogP contribution in [0, 0.1) is 5.92 Å². The second-order valence-electron chi connectivity index (χ2n) is 2.09. The van der Waals surface area contributed by atoms with Crippen LogP contribution in [-0.4, -0.2) is 24.4 Å². The molecule has 0 aromatic carbocycles. The Hall–Kier alpha value is -0.770. The third-order valence-corrected chi connectivity index (χ3v) is 1.65. The molecule has 10 heavy (non-hydrogen) atoms. The molecule has 1 fully saturated rings. The van der Waals surface area contributed by atoms with Crippen LogP contribution in [-0.2, 0) is 4.79 Å². The first-order valence-corrected chi connectivity index (χ1v) is 3.29. The molecule has 2 N–H and O–H groups in total. The van der Waals surface area contributed by atoms with Gasteiger partial charge >= 0.3 is 6.03 Å². The van der Waals surface area contributed by atoms with E-state index in [0.717, 1.165) is 0 Å². The number of nitrogens with one attached hydrogen (secondary N) is 2. The van der Waals surface area contributed by atoms with Gasteiger partial charge in [0.05, 0.1) is 5.92 Å². The van der Waals surface area contributed by atoms with Gasteiger partial charge in [-0.3, -0.25) is 4.79 Å². The third kappa shape index (κ3) is 1.60. The Labute approximate surface area is 62.9 Å². The van der Waals surface area contributed by atoms with Crippen molar-refractivity contribution in [2.75, 3.05) is 13.1 Å². The van der Waals surface area contributed by atoms with Gasteiger partial charge in [0.25, 0.3) is 0 Å². The van der Waals surface area contributed by atoms with Crippen molar-refractivity contribution < 1.29 is 9.59 Å². The fraction of sp³-hybridized carbons (Fsp3) is 0.600. The number of halogens is 1. The summed E-state index contributed by atoms with van der Waals surface area (Å²) >= 11 is 5.17. The molecule has 1 rings (SSSR count). The van der Waals surface area contributed by atoms with Crippen molar-refractivity contribution >= 4 is 22.9 Å². The Bertz CT molecular complexity index is 161. The standard InChI is InChI=1S/C5H7ClN2O2/c6-4(9)3-1-7-5(10)8-2-3/h3H,1-2H2,(H2,7,8,10). The van der Waals surface area contributed by atoms with Crippen molar-refractivity contribution in [1.29, 1.82) is 0 Å². The number of amides is 2. The average molecular weight is 163 g/mol. The van der Waals surface area contributed by atoms with E-state index in [-0.39, 0.29) is 11.9 Å². The van der Waals surface area contributed by atoms with Crippen molar-refractivity contribution in [3.63, 3.8) is 0 Å². The summed E-state index contributed by atoms with van der Waals surface area (Å²) in [6.07, 6.45) is 0. The van der Waals surface area contributed by atoms with Crippen molar-refractivity contribution in [1.82, 2.24) is 10.6 Å². The van der Waals surface area contributed by atoms with Gasteiger partial charge in [0.2, 0.25) is 5.24 Å². The SMILES string of the molecule is O=C1NCC(C(=O)Cl)CN1. The van der Waals surface area contributed by atoms with Crippen LogP contribution >= 0.6 is 11.6 Å². The van der Waals surface area contributed by atoms with Crippen LogP contribution in [0.3, 0.4) is 0 Å². The molecule has 5 heteroatoms. The van der Waals surface area contributed by atoms with Gasteiger partial charge in [0.1, 0.15) is 0 Å². The van der Waals surface area contributed by atoms with Crippen LogP contribution in [0.15, 0.2) is 0 Å². The number of urea groups is 1.